The molecule has 8 heteroatoms. The Balaban J connectivity index is 1.54. The van der Waals surface area contributed by atoms with Crippen LogP contribution in [0.1, 0.15) is 29.1 Å². The van der Waals surface area contributed by atoms with Crippen molar-refractivity contribution >= 4 is 11.6 Å². The molecule has 1 atom stereocenters. The fourth-order valence-electron chi connectivity index (χ4n) is 3.16. The van der Waals surface area contributed by atoms with Gasteiger partial charge in [0.2, 0.25) is 11.8 Å². The smallest absolute Gasteiger partial charge is 0.276 e. The maximum atomic E-state index is 13.2. The fraction of sp³-hybridized carbons (Fsp3) is 0.250. The summed E-state index contributed by atoms with van der Waals surface area (Å²) in [5.41, 5.74) is 1.75. The molecule has 0 unspecified atom stereocenters. The number of methoxy groups -OCH3 is 1. The molecular weight excluding hydrogens is 363 g/mol. The van der Waals surface area contributed by atoms with Crippen LogP contribution in [0.4, 0.5) is 10.1 Å². The van der Waals surface area contributed by atoms with Gasteiger partial charge < -0.3 is 14.4 Å². The van der Waals surface area contributed by atoms with Crippen molar-refractivity contribution in [1.29, 1.82) is 0 Å². The van der Waals surface area contributed by atoms with Crippen LogP contribution in [-0.4, -0.2) is 34.3 Å². The number of benzene rings is 1. The summed E-state index contributed by atoms with van der Waals surface area (Å²) < 4.78 is 25.7. The van der Waals surface area contributed by atoms with Crippen molar-refractivity contribution in [3.05, 3.63) is 65.7 Å². The van der Waals surface area contributed by atoms with Crippen molar-refractivity contribution in [2.75, 3.05) is 18.6 Å². The van der Waals surface area contributed by atoms with E-state index in [0.717, 1.165) is 0 Å². The third-order valence-electron chi connectivity index (χ3n) is 4.53. The van der Waals surface area contributed by atoms with Crippen LogP contribution in [0.25, 0.3) is 0 Å². The standard InChI is InChI=1S/C20H19FN4O3/c1-13-11-24(16-8-6-14(21)7-9-16)20(26)17-10-15(23-25(13)17)12-28-19-5-3-4-18(22-19)27-2/h3-10,13H,11-12H2,1-2H3/t13-/m1/s1. The Morgan fingerprint density at radius 1 is 1.18 bits per heavy atom. The second-order valence-electron chi connectivity index (χ2n) is 6.51. The third-order valence-corrected chi connectivity index (χ3v) is 4.53. The zero-order chi connectivity index (χ0) is 19.7. The second kappa shape index (κ2) is 7.30. The van der Waals surface area contributed by atoms with E-state index in [9.17, 15) is 9.18 Å². The SMILES string of the molecule is COc1cccc(OCc2cc3n(n2)[C@H](C)CN(c2ccc(F)cc2)C3=O)n1. The molecule has 3 aromatic rings. The van der Waals surface area contributed by atoms with E-state index in [-0.39, 0.29) is 24.4 Å². The van der Waals surface area contributed by atoms with Crippen LogP contribution in [-0.2, 0) is 6.61 Å². The molecule has 0 radical (unpaired) electrons. The summed E-state index contributed by atoms with van der Waals surface area (Å²) in [6, 6.07) is 12.8. The number of carbonyl (C=O) groups is 1. The van der Waals surface area contributed by atoms with E-state index in [0.29, 0.717) is 35.4 Å². The molecule has 0 spiro atoms. The Labute approximate surface area is 161 Å². The van der Waals surface area contributed by atoms with Gasteiger partial charge in [-0.15, -0.1) is 0 Å². The summed E-state index contributed by atoms with van der Waals surface area (Å²) >= 11 is 0. The summed E-state index contributed by atoms with van der Waals surface area (Å²) in [6.45, 7) is 2.61. The van der Waals surface area contributed by atoms with Gasteiger partial charge in [0.05, 0.1) is 13.2 Å². The van der Waals surface area contributed by atoms with Gasteiger partial charge in [0.1, 0.15) is 23.8 Å². The van der Waals surface area contributed by atoms with Crippen molar-refractivity contribution in [2.24, 2.45) is 0 Å². The number of fused-ring (bicyclic) bond motifs is 1. The molecule has 0 saturated carbocycles. The Bertz CT molecular complexity index is 1000. The number of anilines is 1. The molecule has 3 heterocycles. The summed E-state index contributed by atoms with van der Waals surface area (Å²) in [5.74, 6) is 0.359. The minimum atomic E-state index is -0.336. The lowest BCUT2D eigenvalue weighted by atomic mass is 10.1. The summed E-state index contributed by atoms with van der Waals surface area (Å²) in [5, 5.41) is 4.51. The van der Waals surface area contributed by atoms with E-state index in [1.54, 1.807) is 46.0 Å². The van der Waals surface area contributed by atoms with Gasteiger partial charge >= 0.3 is 0 Å². The van der Waals surface area contributed by atoms with Crippen molar-refractivity contribution in [2.45, 2.75) is 19.6 Å². The Hall–Kier alpha value is -3.42. The largest absolute Gasteiger partial charge is 0.481 e. The molecule has 1 amide bonds. The first-order valence-electron chi connectivity index (χ1n) is 8.85. The molecule has 7 nitrogen and oxygen atoms in total. The Morgan fingerprint density at radius 2 is 1.93 bits per heavy atom. The average Bonchev–Trinajstić information content (AvgIpc) is 3.15. The van der Waals surface area contributed by atoms with E-state index in [1.807, 2.05) is 6.92 Å². The quantitative estimate of drug-likeness (QED) is 0.678. The highest BCUT2D eigenvalue weighted by atomic mass is 19.1. The monoisotopic (exact) mass is 382 g/mol. The normalized spacial score (nSPS) is 16.0. The number of ether oxygens (including phenoxy) is 2. The minimum absolute atomic E-state index is 0.0264. The van der Waals surface area contributed by atoms with Gasteiger partial charge in [-0.25, -0.2) is 4.39 Å². The van der Waals surface area contributed by atoms with Crippen LogP contribution >= 0.6 is 0 Å². The highest BCUT2D eigenvalue weighted by Gasteiger charge is 2.31. The molecule has 0 bridgehead atoms. The first-order chi connectivity index (χ1) is 13.5. The van der Waals surface area contributed by atoms with Gasteiger partial charge in [0, 0.05) is 24.4 Å². The number of amides is 1. The molecule has 1 aliphatic heterocycles. The molecule has 0 fully saturated rings. The number of aromatic nitrogens is 3. The number of nitrogens with zero attached hydrogens (tertiary/aromatic N) is 4. The Morgan fingerprint density at radius 3 is 2.68 bits per heavy atom. The maximum Gasteiger partial charge on any atom is 0.276 e. The van der Waals surface area contributed by atoms with Crippen molar-refractivity contribution in [1.82, 2.24) is 14.8 Å². The highest BCUT2D eigenvalue weighted by Crippen LogP contribution is 2.27. The molecule has 144 valence electrons. The average molecular weight is 382 g/mol. The van der Waals surface area contributed by atoms with Crippen LogP contribution in [0.3, 0.4) is 0 Å². The van der Waals surface area contributed by atoms with Gasteiger partial charge in [-0.05, 0) is 37.3 Å². The van der Waals surface area contributed by atoms with E-state index in [2.05, 4.69) is 10.1 Å². The van der Waals surface area contributed by atoms with Crippen LogP contribution in [0.2, 0.25) is 0 Å². The molecular formula is C20H19FN4O3. The van der Waals surface area contributed by atoms with Crippen molar-refractivity contribution in [3.8, 4) is 11.8 Å². The summed E-state index contributed by atoms with van der Waals surface area (Å²) in [4.78, 5) is 18.7. The van der Waals surface area contributed by atoms with Crippen LogP contribution in [0.5, 0.6) is 11.8 Å². The number of carbonyl (C=O) groups excluding carboxylic acids is 1. The van der Waals surface area contributed by atoms with Crippen LogP contribution in [0.15, 0.2) is 48.5 Å². The van der Waals surface area contributed by atoms with Gasteiger partial charge in [0.25, 0.3) is 5.91 Å². The van der Waals surface area contributed by atoms with E-state index in [4.69, 9.17) is 9.47 Å². The number of halogens is 1. The van der Waals surface area contributed by atoms with Crippen molar-refractivity contribution < 1.29 is 18.7 Å². The fourth-order valence-corrected chi connectivity index (χ4v) is 3.16. The van der Waals surface area contributed by atoms with E-state index in [1.165, 1.54) is 19.2 Å². The molecule has 0 aliphatic carbocycles. The van der Waals surface area contributed by atoms with Crippen LogP contribution < -0.4 is 14.4 Å². The number of pyridine rings is 1. The highest BCUT2D eigenvalue weighted by molar-refractivity contribution is 6.05. The first kappa shape index (κ1) is 18.0. The lowest BCUT2D eigenvalue weighted by molar-refractivity contribution is 0.0953. The second-order valence-corrected chi connectivity index (χ2v) is 6.51. The zero-order valence-corrected chi connectivity index (χ0v) is 15.5. The predicted molar refractivity (Wildman–Crippen MR) is 100 cm³/mol. The van der Waals surface area contributed by atoms with Gasteiger partial charge in [-0.3, -0.25) is 9.48 Å². The molecule has 4 rings (SSSR count). The molecule has 28 heavy (non-hydrogen) atoms. The number of rotatable bonds is 5. The number of hydrogen-bond donors (Lipinski definition) is 0. The molecule has 1 aliphatic rings. The zero-order valence-electron chi connectivity index (χ0n) is 15.5. The third kappa shape index (κ3) is 3.40. The number of hydrogen-bond acceptors (Lipinski definition) is 5. The molecule has 2 aromatic heterocycles. The maximum absolute atomic E-state index is 13.2. The van der Waals surface area contributed by atoms with Gasteiger partial charge in [0.15, 0.2) is 0 Å². The molecule has 0 saturated heterocycles. The lowest BCUT2D eigenvalue weighted by Crippen LogP contribution is -2.42. The first-order valence-corrected chi connectivity index (χ1v) is 8.85. The summed E-state index contributed by atoms with van der Waals surface area (Å²) in [7, 11) is 1.54. The molecule has 1 aromatic carbocycles. The van der Waals surface area contributed by atoms with Crippen molar-refractivity contribution in [3.63, 3.8) is 0 Å². The van der Waals surface area contributed by atoms with E-state index >= 15 is 0 Å². The topological polar surface area (TPSA) is 69.5 Å². The lowest BCUT2D eigenvalue weighted by Gasteiger charge is -2.31. The predicted octanol–water partition coefficient (Wildman–Crippen LogP) is 3.23. The van der Waals surface area contributed by atoms with Gasteiger partial charge in [-0.2, -0.15) is 10.1 Å². The Kier molecular flexibility index (Phi) is 4.68. The van der Waals surface area contributed by atoms with E-state index < -0.39 is 0 Å². The van der Waals surface area contributed by atoms with Gasteiger partial charge in [-0.1, -0.05) is 6.07 Å². The summed E-state index contributed by atoms with van der Waals surface area (Å²) in [6.07, 6.45) is 0. The minimum Gasteiger partial charge on any atom is -0.481 e. The van der Waals surface area contributed by atoms with Crippen LogP contribution in [0, 0.1) is 5.82 Å². The molecule has 0 N–H and O–H groups in total.